The summed E-state index contributed by atoms with van der Waals surface area (Å²) >= 11 is 0. The quantitative estimate of drug-likeness (QED) is 0.837. The lowest BCUT2D eigenvalue weighted by atomic mass is 9.92. The van der Waals surface area contributed by atoms with Crippen LogP contribution in [0.5, 0.6) is 0 Å². The SMILES string of the molecule is CC1CCCN(c2cc(C(=O)O)c(N)cn2)C1C. The van der Waals surface area contributed by atoms with Crippen molar-refractivity contribution in [2.75, 3.05) is 17.2 Å². The number of hydrogen-bond donors (Lipinski definition) is 2. The highest BCUT2D eigenvalue weighted by Gasteiger charge is 2.26. The molecule has 1 aromatic rings. The minimum atomic E-state index is -1.01. The number of nitrogens with two attached hydrogens (primary N) is 1. The van der Waals surface area contributed by atoms with E-state index < -0.39 is 5.97 Å². The standard InChI is InChI=1S/C13H19N3O2/c1-8-4-3-5-16(9(8)2)12-6-10(13(17)18)11(14)7-15-12/h6-9H,3-5,14H2,1-2H3,(H,17,18). The van der Waals surface area contributed by atoms with E-state index in [4.69, 9.17) is 10.8 Å². The molecule has 98 valence electrons. The van der Waals surface area contributed by atoms with Gasteiger partial charge in [0, 0.05) is 12.6 Å². The number of pyridine rings is 1. The predicted octanol–water partition coefficient (Wildman–Crippen LogP) is 1.99. The molecule has 2 heterocycles. The maximum atomic E-state index is 11.1. The molecule has 2 unspecified atom stereocenters. The molecule has 0 amide bonds. The largest absolute Gasteiger partial charge is 0.478 e. The fourth-order valence-electron chi connectivity index (χ4n) is 2.46. The van der Waals surface area contributed by atoms with Gasteiger partial charge in [-0.05, 0) is 31.7 Å². The third-order valence-corrected chi connectivity index (χ3v) is 3.82. The van der Waals surface area contributed by atoms with Crippen molar-refractivity contribution >= 4 is 17.5 Å². The van der Waals surface area contributed by atoms with Crippen molar-refractivity contribution < 1.29 is 9.90 Å². The Morgan fingerprint density at radius 1 is 1.56 bits per heavy atom. The number of piperidine rings is 1. The highest BCUT2D eigenvalue weighted by Crippen LogP contribution is 2.28. The van der Waals surface area contributed by atoms with Gasteiger partial charge in [0.1, 0.15) is 5.82 Å². The van der Waals surface area contributed by atoms with Crippen LogP contribution in [-0.2, 0) is 0 Å². The average Bonchev–Trinajstić information content (AvgIpc) is 2.33. The second kappa shape index (κ2) is 4.84. The van der Waals surface area contributed by atoms with E-state index in [-0.39, 0.29) is 11.3 Å². The number of aromatic nitrogens is 1. The second-order valence-electron chi connectivity index (χ2n) is 4.99. The van der Waals surface area contributed by atoms with Crippen LogP contribution in [0.4, 0.5) is 11.5 Å². The van der Waals surface area contributed by atoms with E-state index in [1.807, 2.05) is 0 Å². The molecule has 1 saturated heterocycles. The number of nitrogens with zero attached hydrogens (tertiary/aromatic N) is 2. The molecule has 0 aromatic carbocycles. The lowest BCUT2D eigenvalue weighted by molar-refractivity contribution is 0.0698. The number of nitrogen functional groups attached to an aromatic ring is 1. The summed E-state index contributed by atoms with van der Waals surface area (Å²) in [6.07, 6.45) is 3.75. The van der Waals surface area contributed by atoms with Crippen LogP contribution in [0.1, 0.15) is 37.0 Å². The first-order chi connectivity index (χ1) is 8.50. The summed E-state index contributed by atoms with van der Waals surface area (Å²) in [5.74, 6) is 0.292. The van der Waals surface area contributed by atoms with Crippen molar-refractivity contribution in [1.29, 1.82) is 0 Å². The number of anilines is 2. The fraction of sp³-hybridized carbons (Fsp3) is 0.538. The molecule has 2 rings (SSSR count). The molecule has 1 aliphatic heterocycles. The van der Waals surface area contributed by atoms with Crippen LogP contribution < -0.4 is 10.6 Å². The van der Waals surface area contributed by atoms with Crippen molar-refractivity contribution in [3.63, 3.8) is 0 Å². The Kier molecular flexibility index (Phi) is 3.41. The molecular formula is C13H19N3O2. The normalized spacial score (nSPS) is 24.0. The van der Waals surface area contributed by atoms with Crippen LogP contribution in [0, 0.1) is 5.92 Å². The molecule has 1 aromatic heterocycles. The van der Waals surface area contributed by atoms with Gasteiger partial charge in [0.15, 0.2) is 0 Å². The number of hydrogen-bond acceptors (Lipinski definition) is 4. The van der Waals surface area contributed by atoms with Crippen LogP contribution in [0.25, 0.3) is 0 Å². The van der Waals surface area contributed by atoms with Gasteiger partial charge in [-0.2, -0.15) is 0 Å². The second-order valence-corrected chi connectivity index (χ2v) is 4.99. The van der Waals surface area contributed by atoms with E-state index >= 15 is 0 Å². The average molecular weight is 249 g/mol. The van der Waals surface area contributed by atoms with Crippen molar-refractivity contribution in [2.24, 2.45) is 5.92 Å². The third kappa shape index (κ3) is 2.25. The van der Waals surface area contributed by atoms with Gasteiger partial charge in [0.2, 0.25) is 0 Å². The minimum Gasteiger partial charge on any atom is -0.478 e. The van der Waals surface area contributed by atoms with E-state index in [0.29, 0.717) is 17.8 Å². The Labute approximate surface area is 107 Å². The van der Waals surface area contributed by atoms with Gasteiger partial charge in [-0.3, -0.25) is 0 Å². The monoisotopic (exact) mass is 249 g/mol. The molecule has 0 saturated carbocycles. The summed E-state index contributed by atoms with van der Waals surface area (Å²) in [6.45, 7) is 5.29. The summed E-state index contributed by atoms with van der Waals surface area (Å²) in [7, 11) is 0. The van der Waals surface area contributed by atoms with Crippen LogP contribution in [-0.4, -0.2) is 28.6 Å². The van der Waals surface area contributed by atoms with Gasteiger partial charge in [0.05, 0.1) is 17.4 Å². The highest BCUT2D eigenvalue weighted by atomic mass is 16.4. The summed E-state index contributed by atoms with van der Waals surface area (Å²) in [5.41, 5.74) is 5.96. The van der Waals surface area contributed by atoms with Crippen molar-refractivity contribution in [2.45, 2.75) is 32.7 Å². The molecule has 1 fully saturated rings. The van der Waals surface area contributed by atoms with E-state index in [1.54, 1.807) is 6.07 Å². The van der Waals surface area contributed by atoms with Crippen molar-refractivity contribution in [1.82, 2.24) is 4.98 Å². The van der Waals surface area contributed by atoms with Crippen molar-refractivity contribution in [3.8, 4) is 0 Å². The molecule has 2 atom stereocenters. The predicted molar refractivity (Wildman–Crippen MR) is 70.8 cm³/mol. The first-order valence-electron chi connectivity index (χ1n) is 6.26. The van der Waals surface area contributed by atoms with Gasteiger partial charge >= 0.3 is 5.97 Å². The number of carboxylic acid groups (broad SMARTS) is 1. The zero-order valence-electron chi connectivity index (χ0n) is 10.8. The Morgan fingerprint density at radius 3 is 2.94 bits per heavy atom. The van der Waals surface area contributed by atoms with Gasteiger partial charge in [-0.15, -0.1) is 0 Å². The Morgan fingerprint density at radius 2 is 2.28 bits per heavy atom. The Hall–Kier alpha value is -1.78. The zero-order valence-corrected chi connectivity index (χ0v) is 10.8. The van der Waals surface area contributed by atoms with E-state index in [2.05, 4.69) is 23.7 Å². The Bertz CT molecular complexity index is 462. The van der Waals surface area contributed by atoms with Gasteiger partial charge in [0.25, 0.3) is 0 Å². The summed E-state index contributed by atoms with van der Waals surface area (Å²) in [5, 5.41) is 9.08. The van der Waals surface area contributed by atoms with E-state index in [1.165, 1.54) is 12.6 Å². The molecule has 0 bridgehead atoms. The molecule has 0 radical (unpaired) electrons. The lowest BCUT2D eigenvalue weighted by Crippen LogP contribution is -2.43. The van der Waals surface area contributed by atoms with Crippen LogP contribution >= 0.6 is 0 Å². The topological polar surface area (TPSA) is 79.5 Å². The molecule has 5 nitrogen and oxygen atoms in total. The summed E-state index contributed by atoms with van der Waals surface area (Å²) < 4.78 is 0. The first kappa shape index (κ1) is 12.7. The van der Waals surface area contributed by atoms with E-state index in [9.17, 15) is 4.79 Å². The number of carboxylic acids is 1. The van der Waals surface area contributed by atoms with Gasteiger partial charge in [-0.1, -0.05) is 6.92 Å². The smallest absolute Gasteiger partial charge is 0.337 e. The van der Waals surface area contributed by atoms with Gasteiger partial charge < -0.3 is 15.7 Å². The fourth-order valence-corrected chi connectivity index (χ4v) is 2.46. The molecule has 1 aliphatic rings. The number of aromatic carboxylic acids is 1. The molecular weight excluding hydrogens is 230 g/mol. The number of carbonyl (C=O) groups is 1. The molecule has 5 heteroatoms. The minimum absolute atomic E-state index is 0.130. The third-order valence-electron chi connectivity index (χ3n) is 3.82. The highest BCUT2D eigenvalue weighted by molar-refractivity contribution is 5.94. The maximum absolute atomic E-state index is 11.1. The number of rotatable bonds is 2. The van der Waals surface area contributed by atoms with Crippen LogP contribution in [0.2, 0.25) is 0 Å². The van der Waals surface area contributed by atoms with Crippen molar-refractivity contribution in [3.05, 3.63) is 17.8 Å². The maximum Gasteiger partial charge on any atom is 0.337 e. The Balaban J connectivity index is 2.33. The van der Waals surface area contributed by atoms with Crippen LogP contribution in [0.15, 0.2) is 12.3 Å². The molecule has 0 spiro atoms. The summed E-state index contributed by atoms with van der Waals surface area (Å²) in [6, 6.07) is 1.95. The molecule has 3 N–H and O–H groups in total. The van der Waals surface area contributed by atoms with Gasteiger partial charge in [-0.25, -0.2) is 9.78 Å². The summed E-state index contributed by atoms with van der Waals surface area (Å²) in [4.78, 5) is 17.5. The van der Waals surface area contributed by atoms with E-state index in [0.717, 1.165) is 13.0 Å². The molecule has 0 aliphatic carbocycles. The first-order valence-corrected chi connectivity index (χ1v) is 6.26. The lowest BCUT2D eigenvalue weighted by Gasteiger charge is -2.38. The zero-order chi connectivity index (χ0) is 13.3. The molecule has 18 heavy (non-hydrogen) atoms. The van der Waals surface area contributed by atoms with Crippen LogP contribution in [0.3, 0.4) is 0 Å².